The van der Waals surface area contributed by atoms with Crippen LogP contribution in [0.3, 0.4) is 0 Å². The van der Waals surface area contributed by atoms with Crippen LogP contribution in [0, 0.1) is 0 Å². The molecule has 0 spiro atoms. The molecular formula is C5H14Cl2OSi2. The van der Waals surface area contributed by atoms with Crippen LogP contribution in [0.15, 0.2) is 0 Å². The molecule has 0 radical (unpaired) electrons. The Hall–Kier alpha value is 0.974. The van der Waals surface area contributed by atoms with Gasteiger partial charge in [0.05, 0.1) is 8.31 Å². The molecule has 0 aliphatic carbocycles. The summed E-state index contributed by atoms with van der Waals surface area (Å²) in [5.74, 6) is 0. The van der Waals surface area contributed by atoms with Gasteiger partial charge in [0.15, 0.2) is 0 Å². The van der Waals surface area contributed by atoms with E-state index in [2.05, 4.69) is 0 Å². The van der Waals surface area contributed by atoms with Gasteiger partial charge in [0, 0.05) is 0 Å². The summed E-state index contributed by atoms with van der Waals surface area (Å²) in [7, 11) is -0.530. The lowest BCUT2D eigenvalue weighted by Gasteiger charge is -2.19. The number of rotatable bonds is 1. The lowest BCUT2D eigenvalue weighted by molar-refractivity contribution is 0.730. The third kappa shape index (κ3) is 3.39. The fourth-order valence-electron chi connectivity index (χ4n) is 1.39. The van der Waals surface area contributed by atoms with Crippen LogP contribution >= 0.6 is 22.2 Å². The van der Waals surface area contributed by atoms with Gasteiger partial charge in [0.25, 0.3) is 0 Å². The summed E-state index contributed by atoms with van der Waals surface area (Å²) in [5.41, 5.74) is 0. The molecule has 0 aromatic heterocycles. The normalized spacial score (nSPS) is 20.7. The average Bonchev–Trinajstić information content (AvgIpc) is 1.90. The molecule has 0 bridgehead atoms. The minimum absolute atomic E-state index is 0. The van der Waals surface area contributed by atoms with Gasteiger partial charge in [-0.25, -0.2) is 0 Å². The predicted molar refractivity (Wildman–Crippen MR) is 53.1 cm³/mol. The minimum atomic E-state index is -1.17. The van der Waals surface area contributed by atoms with Crippen LogP contribution in [0.25, 0.3) is 0 Å². The molecule has 62 valence electrons. The van der Waals surface area contributed by atoms with E-state index in [1.165, 1.54) is 31.4 Å². The molecule has 0 unspecified atom stereocenters. The lowest BCUT2D eigenvalue weighted by Crippen LogP contribution is -2.27. The molecule has 0 aromatic rings. The van der Waals surface area contributed by atoms with E-state index in [-0.39, 0.29) is 5.48 Å². The number of hydrogen-bond donors (Lipinski definition) is 0. The third-order valence-corrected chi connectivity index (χ3v) is 15.6. The van der Waals surface area contributed by atoms with Gasteiger partial charge in [-0.05, 0) is 0 Å². The molecule has 1 fully saturated rings. The van der Waals surface area contributed by atoms with Crippen LogP contribution in [0.2, 0.25) is 12.1 Å². The van der Waals surface area contributed by atoms with E-state index >= 15 is 0 Å². The topological polar surface area (TPSA) is 31.5 Å². The SMILES string of the molecule is Cl[SiH](Cl)[SiH]1CCCCC1.O. The second kappa shape index (κ2) is 5.60. The molecule has 2 N–H and O–H groups in total. The Morgan fingerprint density at radius 1 is 1.00 bits per heavy atom. The highest BCUT2D eigenvalue weighted by Gasteiger charge is 2.22. The molecule has 0 saturated carbocycles. The molecule has 10 heavy (non-hydrogen) atoms. The summed E-state index contributed by atoms with van der Waals surface area (Å²) in [4.78, 5) is 0. The van der Waals surface area contributed by atoms with Crippen LogP contribution in [0.1, 0.15) is 19.3 Å². The lowest BCUT2D eigenvalue weighted by atomic mass is 10.3. The van der Waals surface area contributed by atoms with Crippen LogP contribution in [-0.2, 0) is 0 Å². The summed E-state index contributed by atoms with van der Waals surface area (Å²) in [6.07, 6.45) is 4.26. The third-order valence-electron chi connectivity index (χ3n) is 2.01. The van der Waals surface area contributed by atoms with Crippen molar-refractivity contribution in [1.29, 1.82) is 0 Å². The van der Waals surface area contributed by atoms with Crippen molar-refractivity contribution in [3.63, 3.8) is 0 Å². The van der Waals surface area contributed by atoms with E-state index in [9.17, 15) is 0 Å². The van der Waals surface area contributed by atoms with E-state index in [4.69, 9.17) is 22.2 Å². The molecule has 0 atom stereocenters. The molecule has 1 saturated heterocycles. The summed E-state index contributed by atoms with van der Waals surface area (Å²) in [5, 5.41) is 0. The van der Waals surface area contributed by atoms with E-state index in [0.717, 1.165) is 0 Å². The first-order valence-corrected chi connectivity index (χ1v) is 11.4. The predicted octanol–water partition coefficient (Wildman–Crippen LogP) is 1.35. The first-order chi connectivity index (χ1) is 4.30. The maximum atomic E-state index is 5.92. The smallest absolute Gasteiger partial charge is 0.221 e. The van der Waals surface area contributed by atoms with Crippen molar-refractivity contribution in [3.05, 3.63) is 0 Å². The standard InChI is InChI=1S/C5H12Cl2Si2.H2O/c6-9(7)8-4-2-1-3-5-8;/h8-9H,1-5H2;1H2. The molecule has 5 heteroatoms. The number of halogens is 2. The Morgan fingerprint density at radius 2 is 1.50 bits per heavy atom. The zero-order valence-electron chi connectivity index (χ0n) is 5.95. The Labute approximate surface area is 74.4 Å². The van der Waals surface area contributed by atoms with Gasteiger partial charge in [0.1, 0.15) is 0 Å². The van der Waals surface area contributed by atoms with Crippen molar-refractivity contribution >= 4 is 37.4 Å². The summed E-state index contributed by atoms with van der Waals surface area (Å²) in [6, 6.07) is 2.87. The van der Waals surface area contributed by atoms with Crippen molar-refractivity contribution in [2.24, 2.45) is 0 Å². The molecule has 1 nitrogen and oxygen atoms in total. The van der Waals surface area contributed by atoms with E-state index in [1.54, 1.807) is 0 Å². The molecule has 1 heterocycles. The molecule has 1 rings (SSSR count). The Morgan fingerprint density at radius 3 is 1.80 bits per heavy atom. The highest BCUT2D eigenvalue weighted by Crippen LogP contribution is 2.22. The van der Waals surface area contributed by atoms with E-state index in [1.807, 2.05) is 0 Å². The maximum Gasteiger partial charge on any atom is 0.221 e. The molecule has 0 amide bonds. The van der Waals surface area contributed by atoms with Gasteiger partial charge in [0.2, 0.25) is 6.93 Å². The first kappa shape index (κ1) is 11.0. The van der Waals surface area contributed by atoms with Crippen molar-refractivity contribution in [2.45, 2.75) is 31.4 Å². The fourth-order valence-corrected chi connectivity index (χ4v) is 11.3. The van der Waals surface area contributed by atoms with Crippen molar-refractivity contribution in [1.82, 2.24) is 0 Å². The Bertz CT molecular complexity index is 85.7. The zero-order valence-corrected chi connectivity index (χ0v) is 9.77. The Balaban J connectivity index is 0.000000810. The van der Waals surface area contributed by atoms with Gasteiger partial charge in [-0.1, -0.05) is 31.4 Å². The largest absolute Gasteiger partial charge is 0.412 e. The van der Waals surface area contributed by atoms with Gasteiger partial charge in [-0.2, -0.15) is 22.2 Å². The van der Waals surface area contributed by atoms with Gasteiger partial charge < -0.3 is 5.48 Å². The quantitative estimate of drug-likeness (QED) is 0.469. The zero-order chi connectivity index (χ0) is 6.69. The summed E-state index contributed by atoms with van der Waals surface area (Å²) >= 11 is 11.8. The van der Waals surface area contributed by atoms with Crippen LogP contribution in [0.5, 0.6) is 0 Å². The highest BCUT2D eigenvalue weighted by molar-refractivity contribution is 7.60. The maximum absolute atomic E-state index is 5.92. The van der Waals surface area contributed by atoms with Gasteiger partial charge in [-0.15, -0.1) is 0 Å². The summed E-state index contributed by atoms with van der Waals surface area (Å²) < 4.78 is 0. The van der Waals surface area contributed by atoms with Gasteiger partial charge >= 0.3 is 0 Å². The monoisotopic (exact) mass is 216 g/mol. The average molecular weight is 217 g/mol. The second-order valence-electron chi connectivity index (χ2n) is 2.73. The van der Waals surface area contributed by atoms with E-state index in [0.29, 0.717) is 0 Å². The van der Waals surface area contributed by atoms with Crippen LogP contribution in [0.4, 0.5) is 0 Å². The highest BCUT2D eigenvalue weighted by atomic mass is 35.7. The fraction of sp³-hybridized carbons (Fsp3) is 1.00. The molecule has 1 aliphatic heterocycles. The minimum Gasteiger partial charge on any atom is -0.412 e. The van der Waals surface area contributed by atoms with Crippen molar-refractivity contribution in [2.75, 3.05) is 0 Å². The van der Waals surface area contributed by atoms with Crippen molar-refractivity contribution in [3.8, 4) is 0 Å². The van der Waals surface area contributed by atoms with Crippen molar-refractivity contribution < 1.29 is 5.48 Å². The number of hydrogen-bond acceptors (Lipinski definition) is 0. The van der Waals surface area contributed by atoms with E-state index < -0.39 is 15.2 Å². The second-order valence-corrected chi connectivity index (χ2v) is 16.9. The Kier molecular flexibility index (Phi) is 6.15. The van der Waals surface area contributed by atoms with Gasteiger partial charge in [-0.3, -0.25) is 0 Å². The molecule has 0 aromatic carbocycles. The summed E-state index contributed by atoms with van der Waals surface area (Å²) in [6.45, 7) is -1.17. The van der Waals surface area contributed by atoms with Crippen LogP contribution < -0.4 is 0 Å². The van der Waals surface area contributed by atoms with Crippen LogP contribution in [-0.4, -0.2) is 20.7 Å². The molecule has 1 aliphatic rings. The molecular weight excluding hydrogens is 203 g/mol. The first-order valence-electron chi connectivity index (χ1n) is 3.59.